The molecule has 0 heterocycles. The summed E-state index contributed by atoms with van der Waals surface area (Å²) in [4.78, 5) is 0. The Kier molecular flexibility index (Phi) is 4.80. The fourth-order valence-corrected chi connectivity index (χ4v) is 11.2. The van der Waals surface area contributed by atoms with Gasteiger partial charge in [0.1, 0.15) is 0 Å². The lowest BCUT2D eigenvalue weighted by Crippen LogP contribution is -2.68. The van der Waals surface area contributed by atoms with Crippen LogP contribution in [0.25, 0.3) is 0 Å². The standard InChI is InChI=1S/C29H49NO/c1-18(2)19-10-15-29(30)17-16-27(6)20(24(19)29)8-9-22-26(5)13-12-23(31)25(3,4)21(26)11-14-28(22,27)7/h19-24,31H,1,8-17,30H2,2-7H3. The van der Waals surface area contributed by atoms with Crippen LogP contribution in [0.2, 0.25) is 0 Å². The van der Waals surface area contributed by atoms with Crippen LogP contribution in [-0.4, -0.2) is 16.7 Å². The van der Waals surface area contributed by atoms with Crippen molar-refractivity contribution in [3.63, 3.8) is 0 Å². The van der Waals surface area contributed by atoms with Crippen molar-refractivity contribution in [2.24, 2.45) is 57.0 Å². The molecule has 5 saturated carbocycles. The molecular weight excluding hydrogens is 378 g/mol. The summed E-state index contributed by atoms with van der Waals surface area (Å²) >= 11 is 0. The molecule has 5 aliphatic rings. The second-order valence-electron chi connectivity index (χ2n) is 14.3. The summed E-state index contributed by atoms with van der Waals surface area (Å²) in [5, 5.41) is 10.9. The van der Waals surface area contributed by atoms with E-state index in [9.17, 15) is 5.11 Å². The molecule has 10 unspecified atom stereocenters. The normalized spacial score (nSPS) is 57.9. The molecule has 5 fully saturated rings. The van der Waals surface area contributed by atoms with E-state index in [2.05, 4.69) is 48.1 Å². The first-order chi connectivity index (χ1) is 14.3. The second kappa shape index (κ2) is 6.62. The Labute approximate surface area is 191 Å². The van der Waals surface area contributed by atoms with E-state index in [-0.39, 0.29) is 17.1 Å². The molecular formula is C29H49NO. The second-order valence-corrected chi connectivity index (χ2v) is 14.3. The molecule has 0 aromatic carbocycles. The summed E-state index contributed by atoms with van der Waals surface area (Å²) in [6.07, 6.45) is 12.4. The van der Waals surface area contributed by atoms with Gasteiger partial charge in [0.15, 0.2) is 0 Å². The number of allylic oxidation sites excluding steroid dienone is 1. The lowest BCUT2D eigenvalue weighted by molar-refractivity contribution is -0.242. The van der Waals surface area contributed by atoms with Crippen molar-refractivity contribution in [2.45, 2.75) is 117 Å². The van der Waals surface area contributed by atoms with Crippen molar-refractivity contribution >= 4 is 0 Å². The zero-order valence-corrected chi connectivity index (χ0v) is 21.3. The smallest absolute Gasteiger partial charge is 0.0594 e. The third-order valence-electron chi connectivity index (χ3n) is 13.1. The van der Waals surface area contributed by atoms with Crippen molar-refractivity contribution in [1.29, 1.82) is 0 Å². The summed E-state index contributed by atoms with van der Waals surface area (Å²) < 4.78 is 0. The van der Waals surface area contributed by atoms with E-state index >= 15 is 0 Å². The Morgan fingerprint density at radius 1 is 0.806 bits per heavy atom. The van der Waals surface area contributed by atoms with Gasteiger partial charge in [0.2, 0.25) is 0 Å². The average molecular weight is 428 g/mol. The first kappa shape index (κ1) is 22.5. The van der Waals surface area contributed by atoms with E-state index in [1.54, 1.807) is 0 Å². The van der Waals surface area contributed by atoms with Crippen LogP contribution in [0.15, 0.2) is 12.2 Å². The van der Waals surface area contributed by atoms with E-state index < -0.39 is 0 Å². The van der Waals surface area contributed by atoms with Gasteiger partial charge in [0.05, 0.1) is 6.10 Å². The molecule has 5 aliphatic carbocycles. The van der Waals surface area contributed by atoms with Gasteiger partial charge in [-0.25, -0.2) is 0 Å². The van der Waals surface area contributed by atoms with Crippen molar-refractivity contribution in [3.8, 4) is 0 Å². The van der Waals surface area contributed by atoms with Crippen molar-refractivity contribution < 1.29 is 5.11 Å². The van der Waals surface area contributed by atoms with Crippen LogP contribution >= 0.6 is 0 Å². The molecule has 2 heteroatoms. The third-order valence-corrected chi connectivity index (χ3v) is 13.1. The molecule has 0 saturated heterocycles. The van der Waals surface area contributed by atoms with Gasteiger partial charge in [0, 0.05) is 5.54 Å². The van der Waals surface area contributed by atoms with E-state index in [4.69, 9.17) is 5.73 Å². The topological polar surface area (TPSA) is 46.2 Å². The number of aliphatic hydroxyl groups is 1. The Hall–Kier alpha value is -0.340. The number of fused-ring (bicyclic) bond motifs is 7. The molecule has 10 atom stereocenters. The van der Waals surface area contributed by atoms with Gasteiger partial charge in [-0.1, -0.05) is 46.8 Å². The number of hydrogen-bond donors (Lipinski definition) is 2. The molecule has 176 valence electrons. The first-order valence-electron chi connectivity index (χ1n) is 13.4. The molecule has 0 amide bonds. The summed E-state index contributed by atoms with van der Waals surface area (Å²) in [5.41, 5.74) is 9.80. The lowest BCUT2D eigenvalue weighted by Gasteiger charge is -2.72. The number of aliphatic hydroxyl groups excluding tert-OH is 1. The molecule has 0 aromatic heterocycles. The van der Waals surface area contributed by atoms with E-state index in [0.29, 0.717) is 34.0 Å². The van der Waals surface area contributed by atoms with Gasteiger partial charge >= 0.3 is 0 Å². The van der Waals surface area contributed by atoms with Gasteiger partial charge < -0.3 is 10.8 Å². The SMILES string of the molecule is C=C(C)C1CCC2(N)CCC3(C)C(CCC4C5(C)CCC(O)C(C)(C)C5CCC43C)C12. The summed E-state index contributed by atoms with van der Waals surface area (Å²) in [6.45, 7) is 19.4. The Bertz CT molecular complexity index is 773. The highest BCUT2D eigenvalue weighted by molar-refractivity contribution is 5.23. The maximum Gasteiger partial charge on any atom is 0.0594 e. The molecule has 31 heavy (non-hydrogen) atoms. The number of nitrogens with two attached hydrogens (primary N) is 1. The van der Waals surface area contributed by atoms with E-state index in [0.717, 1.165) is 18.3 Å². The van der Waals surface area contributed by atoms with Gasteiger partial charge in [-0.15, -0.1) is 0 Å². The van der Waals surface area contributed by atoms with Crippen molar-refractivity contribution in [3.05, 3.63) is 12.2 Å². The Balaban J connectivity index is 1.54. The molecule has 3 N–H and O–H groups in total. The van der Waals surface area contributed by atoms with Crippen LogP contribution in [0.3, 0.4) is 0 Å². The summed E-state index contributed by atoms with van der Waals surface area (Å²) in [6, 6.07) is 0. The lowest BCUT2D eigenvalue weighted by atomic mass is 9.32. The van der Waals surface area contributed by atoms with Crippen molar-refractivity contribution in [2.75, 3.05) is 0 Å². The number of hydrogen-bond acceptors (Lipinski definition) is 2. The summed E-state index contributed by atoms with van der Waals surface area (Å²) in [5.74, 6) is 3.44. The predicted octanol–water partition coefficient (Wildman–Crippen LogP) is 6.72. The zero-order valence-electron chi connectivity index (χ0n) is 21.3. The van der Waals surface area contributed by atoms with Crippen LogP contribution in [-0.2, 0) is 0 Å². The minimum atomic E-state index is -0.135. The van der Waals surface area contributed by atoms with E-state index in [1.165, 1.54) is 63.4 Å². The first-order valence-corrected chi connectivity index (χ1v) is 13.4. The van der Waals surface area contributed by atoms with E-state index in [1.807, 2.05) is 0 Å². The molecule has 2 nitrogen and oxygen atoms in total. The van der Waals surface area contributed by atoms with Crippen LogP contribution in [0.4, 0.5) is 0 Å². The molecule has 0 radical (unpaired) electrons. The Morgan fingerprint density at radius 2 is 1.52 bits per heavy atom. The van der Waals surface area contributed by atoms with Gasteiger partial charge in [-0.3, -0.25) is 0 Å². The molecule has 0 spiro atoms. The maximum atomic E-state index is 10.9. The Morgan fingerprint density at radius 3 is 2.19 bits per heavy atom. The predicted molar refractivity (Wildman–Crippen MR) is 129 cm³/mol. The highest BCUT2D eigenvalue weighted by atomic mass is 16.3. The monoisotopic (exact) mass is 427 g/mol. The summed E-state index contributed by atoms with van der Waals surface area (Å²) in [7, 11) is 0. The third kappa shape index (κ3) is 2.64. The van der Waals surface area contributed by atoms with Crippen molar-refractivity contribution in [1.82, 2.24) is 0 Å². The highest BCUT2D eigenvalue weighted by Crippen LogP contribution is 2.76. The zero-order chi connectivity index (χ0) is 22.6. The van der Waals surface area contributed by atoms with Crippen LogP contribution in [0.5, 0.6) is 0 Å². The highest BCUT2D eigenvalue weighted by Gasteiger charge is 2.70. The van der Waals surface area contributed by atoms with Gasteiger partial charge in [-0.05, 0) is 122 Å². The quantitative estimate of drug-likeness (QED) is 0.456. The average Bonchev–Trinajstić information content (AvgIpc) is 3.04. The van der Waals surface area contributed by atoms with Crippen LogP contribution in [0, 0.1) is 51.2 Å². The van der Waals surface area contributed by atoms with Gasteiger partial charge in [0.25, 0.3) is 0 Å². The largest absolute Gasteiger partial charge is 0.393 e. The fourth-order valence-electron chi connectivity index (χ4n) is 11.2. The minimum Gasteiger partial charge on any atom is -0.393 e. The van der Waals surface area contributed by atoms with Crippen LogP contribution < -0.4 is 5.73 Å². The molecule has 0 bridgehead atoms. The molecule has 5 rings (SSSR count). The van der Waals surface area contributed by atoms with Crippen LogP contribution in [0.1, 0.15) is 106 Å². The fraction of sp³-hybridized carbons (Fsp3) is 0.931. The molecule has 0 aromatic rings. The minimum absolute atomic E-state index is 0.0432. The molecule has 0 aliphatic heterocycles. The number of rotatable bonds is 1. The van der Waals surface area contributed by atoms with Gasteiger partial charge in [-0.2, -0.15) is 0 Å². The maximum absolute atomic E-state index is 10.9.